The molecule has 2 heterocycles. The highest BCUT2D eigenvalue weighted by atomic mass is 16.3. The maximum absolute atomic E-state index is 6.77. The van der Waals surface area contributed by atoms with E-state index in [9.17, 15) is 0 Å². The van der Waals surface area contributed by atoms with Crippen LogP contribution < -0.4 is 0 Å². The lowest BCUT2D eigenvalue weighted by molar-refractivity contribution is 0.670. The average molecular weight is 853 g/mol. The normalized spacial score (nSPS) is 11.6. The van der Waals surface area contributed by atoms with Crippen LogP contribution in [0.4, 0.5) is 0 Å². The summed E-state index contributed by atoms with van der Waals surface area (Å²) in [6, 6.07) is 84.4. The summed E-state index contributed by atoms with van der Waals surface area (Å²) in [6.07, 6.45) is 1.93. The van der Waals surface area contributed by atoms with Gasteiger partial charge >= 0.3 is 0 Å². The molecule has 0 atom stereocenters. The first-order chi connectivity index (χ1) is 33.2. The van der Waals surface area contributed by atoms with E-state index in [1.54, 1.807) is 0 Å². The van der Waals surface area contributed by atoms with Crippen LogP contribution in [0.3, 0.4) is 0 Å². The molecule has 0 saturated carbocycles. The Labute approximate surface area is 387 Å². The number of nitrogens with zero attached hydrogens (tertiary/aromatic N) is 2. The third kappa shape index (κ3) is 6.84. The highest BCUT2D eigenvalue weighted by Crippen LogP contribution is 2.43. The van der Waals surface area contributed by atoms with Crippen LogP contribution in [0.2, 0.25) is 0 Å². The molecular formula is C64H40N2O. The molecule has 0 bridgehead atoms. The van der Waals surface area contributed by atoms with Crippen molar-refractivity contribution in [3.05, 3.63) is 243 Å². The highest BCUT2D eigenvalue weighted by Gasteiger charge is 2.18. The number of furan rings is 1. The van der Waals surface area contributed by atoms with Crippen molar-refractivity contribution in [3.8, 4) is 78.0 Å². The molecule has 0 aliphatic carbocycles. The van der Waals surface area contributed by atoms with Gasteiger partial charge in [0.2, 0.25) is 0 Å². The van der Waals surface area contributed by atoms with Crippen molar-refractivity contribution < 1.29 is 4.42 Å². The van der Waals surface area contributed by atoms with Gasteiger partial charge in [-0.05, 0) is 121 Å². The Balaban J connectivity index is 0.931. The zero-order valence-corrected chi connectivity index (χ0v) is 36.4. The number of fused-ring (bicyclic) bond motifs is 9. The van der Waals surface area contributed by atoms with Gasteiger partial charge < -0.3 is 4.42 Å². The van der Waals surface area contributed by atoms with Crippen molar-refractivity contribution in [2.24, 2.45) is 0 Å². The maximum atomic E-state index is 6.77. The Morgan fingerprint density at radius 1 is 0.269 bits per heavy atom. The molecule has 312 valence electrons. The minimum atomic E-state index is 0.827. The molecule has 0 spiro atoms. The Bertz CT molecular complexity index is 4010. The Morgan fingerprint density at radius 3 is 1.28 bits per heavy atom. The quantitative estimate of drug-likeness (QED) is 0.150. The molecule has 2 aromatic heterocycles. The van der Waals surface area contributed by atoms with Gasteiger partial charge in [0.25, 0.3) is 0 Å². The van der Waals surface area contributed by atoms with Crippen LogP contribution in [-0.2, 0) is 0 Å². The lowest BCUT2D eigenvalue weighted by Gasteiger charge is -2.14. The van der Waals surface area contributed by atoms with E-state index in [1.165, 1.54) is 27.8 Å². The van der Waals surface area contributed by atoms with Gasteiger partial charge in [-0.1, -0.05) is 188 Å². The second-order valence-electron chi connectivity index (χ2n) is 17.3. The first-order valence-corrected chi connectivity index (χ1v) is 22.8. The number of hydrogen-bond acceptors (Lipinski definition) is 3. The molecule has 0 aliphatic heterocycles. The summed E-state index contributed by atoms with van der Waals surface area (Å²) in [4.78, 5) is 10.7. The number of rotatable bonds is 7. The van der Waals surface area contributed by atoms with E-state index in [-0.39, 0.29) is 0 Å². The topological polar surface area (TPSA) is 38.9 Å². The molecule has 0 radical (unpaired) electrons. The van der Waals surface area contributed by atoms with Crippen LogP contribution in [-0.4, -0.2) is 9.97 Å². The van der Waals surface area contributed by atoms with Crippen molar-refractivity contribution in [2.75, 3.05) is 0 Å². The average Bonchev–Trinajstić information content (AvgIpc) is 3.79. The molecule has 67 heavy (non-hydrogen) atoms. The predicted octanol–water partition coefficient (Wildman–Crippen LogP) is 17.5. The van der Waals surface area contributed by atoms with Crippen LogP contribution in [0, 0.1) is 0 Å². The van der Waals surface area contributed by atoms with E-state index in [0.29, 0.717) is 0 Å². The van der Waals surface area contributed by atoms with Crippen molar-refractivity contribution in [2.45, 2.75) is 0 Å². The van der Waals surface area contributed by atoms with Crippen LogP contribution in [0.15, 0.2) is 247 Å². The number of aromatic nitrogens is 2. The lowest BCUT2D eigenvalue weighted by Crippen LogP contribution is -1.93. The van der Waals surface area contributed by atoms with Gasteiger partial charge in [-0.2, -0.15) is 0 Å². The summed E-state index contributed by atoms with van der Waals surface area (Å²) in [5.41, 5.74) is 19.1. The first-order valence-electron chi connectivity index (χ1n) is 22.8. The summed E-state index contributed by atoms with van der Waals surface area (Å²) in [7, 11) is 0. The Morgan fingerprint density at radius 2 is 0.701 bits per heavy atom. The fourth-order valence-corrected chi connectivity index (χ4v) is 9.91. The molecule has 11 aromatic carbocycles. The highest BCUT2D eigenvalue weighted by molar-refractivity contribution is 6.24. The van der Waals surface area contributed by atoms with Gasteiger partial charge in [0.05, 0.1) is 22.9 Å². The molecule has 0 fully saturated rings. The van der Waals surface area contributed by atoms with E-state index in [0.717, 1.165) is 105 Å². The summed E-state index contributed by atoms with van der Waals surface area (Å²) < 4.78 is 6.77. The van der Waals surface area contributed by atoms with Crippen molar-refractivity contribution in [3.63, 3.8) is 0 Å². The van der Waals surface area contributed by atoms with E-state index in [4.69, 9.17) is 14.4 Å². The summed E-state index contributed by atoms with van der Waals surface area (Å²) in [5.74, 6) is 0. The molecule has 0 aliphatic rings. The Hall–Kier alpha value is -8.92. The summed E-state index contributed by atoms with van der Waals surface area (Å²) in [5, 5.41) is 6.69. The molecule has 0 amide bonds. The second kappa shape index (κ2) is 16.0. The van der Waals surface area contributed by atoms with Crippen molar-refractivity contribution in [1.29, 1.82) is 0 Å². The monoisotopic (exact) mass is 852 g/mol. The minimum absolute atomic E-state index is 0.827. The molecule has 13 aromatic rings. The smallest absolute Gasteiger partial charge is 0.143 e. The van der Waals surface area contributed by atoms with E-state index < -0.39 is 0 Å². The maximum Gasteiger partial charge on any atom is 0.143 e. The van der Waals surface area contributed by atoms with Crippen LogP contribution >= 0.6 is 0 Å². The van der Waals surface area contributed by atoms with Gasteiger partial charge in [0.15, 0.2) is 0 Å². The number of hydrogen-bond donors (Lipinski definition) is 0. The first kappa shape index (κ1) is 38.5. The second-order valence-corrected chi connectivity index (χ2v) is 17.3. The molecule has 3 nitrogen and oxygen atoms in total. The molecule has 3 heteroatoms. The Kier molecular flexibility index (Phi) is 9.17. The van der Waals surface area contributed by atoms with Gasteiger partial charge in [0.1, 0.15) is 11.2 Å². The third-order valence-corrected chi connectivity index (χ3v) is 13.3. The largest absolute Gasteiger partial charge is 0.455 e. The van der Waals surface area contributed by atoms with E-state index in [2.05, 4.69) is 237 Å². The van der Waals surface area contributed by atoms with Crippen LogP contribution in [0.1, 0.15) is 0 Å². The minimum Gasteiger partial charge on any atom is -0.455 e. The summed E-state index contributed by atoms with van der Waals surface area (Å²) >= 11 is 0. The van der Waals surface area contributed by atoms with Crippen LogP contribution in [0.25, 0.3) is 133 Å². The molecular weight excluding hydrogens is 813 g/mol. The van der Waals surface area contributed by atoms with Gasteiger partial charge in [0, 0.05) is 32.7 Å². The zero-order chi connectivity index (χ0) is 44.3. The van der Waals surface area contributed by atoms with Crippen molar-refractivity contribution in [1.82, 2.24) is 9.97 Å². The van der Waals surface area contributed by atoms with Crippen LogP contribution in [0.5, 0.6) is 0 Å². The third-order valence-electron chi connectivity index (χ3n) is 13.3. The lowest BCUT2D eigenvalue weighted by atomic mass is 9.93. The molecule has 13 rings (SSSR count). The van der Waals surface area contributed by atoms with Gasteiger partial charge in [-0.25, -0.2) is 4.98 Å². The SMILES string of the molecule is c1ccc(-c2ccc3oc4c(-c5cccc(-c6cccc(-c7cnc8c9ccc(-c%10ccccc%10)cc9c9cc(-c%10ccccc%10)ccc9c8n7)c6)c5)cc(-c5ccccc5)cc4c3c2)cc1. The fourth-order valence-electron chi connectivity index (χ4n) is 9.91. The van der Waals surface area contributed by atoms with Gasteiger partial charge in [-0.15, -0.1) is 0 Å². The number of benzene rings is 11. The van der Waals surface area contributed by atoms with Gasteiger partial charge in [-0.3, -0.25) is 4.98 Å². The van der Waals surface area contributed by atoms with E-state index >= 15 is 0 Å². The van der Waals surface area contributed by atoms with Crippen molar-refractivity contribution >= 4 is 54.5 Å². The van der Waals surface area contributed by atoms with E-state index in [1.807, 2.05) is 6.20 Å². The summed E-state index contributed by atoms with van der Waals surface area (Å²) in [6.45, 7) is 0. The molecule has 0 N–H and O–H groups in total. The predicted molar refractivity (Wildman–Crippen MR) is 280 cm³/mol. The standard InChI is InChI=1S/C64H40N2O/c1-5-15-41(16-6-1)47-27-30-53-56(35-47)57-36-48(42-17-7-2-8-18-42)28-31-54(57)63-62(53)65-40-60(66-63)51-26-14-24-46(34-51)45-23-13-25-50(33-45)55-38-52(44-21-11-4-12-22-44)39-59-58-37-49(43-19-9-3-10-20-43)29-32-61(58)67-64(55)59/h1-40H. The molecule has 0 saturated heterocycles. The molecule has 0 unspecified atom stereocenters. The fraction of sp³-hybridized carbons (Fsp3) is 0. The zero-order valence-electron chi connectivity index (χ0n) is 36.4.